The van der Waals surface area contributed by atoms with Gasteiger partial charge in [-0.15, -0.1) is 0 Å². The van der Waals surface area contributed by atoms with Gasteiger partial charge in [-0.05, 0) is 86.7 Å². The van der Waals surface area contributed by atoms with Gasteiger partial charge in [0.15, 0.2) is 5.78 Å². The van der Waals surface area contributed by atoms with Crippen molar-refractivity contribution in [3.8, 4) is 5.75 Å². The van der Waals surface area contributed by atoms with Gasteiger partial charge in [0.05, 0.1) is 18.7 Å². The van der Waals surface area contributed by atoms with Crippen LogP contribution >= 0.6 is 0 Å². The predicted octanol–water partition coefficient (Wildman–Crippen LogP) is 4.85. The molecular weight excluding hydrogens is 388 g/mol. The van der Waals surface area contributed by atoms with E-state index in [1.54, 1.807) is 0 Å². The number of fused-ring (bicyclic) bond motifs is 1. The number of carbonyl (C=O) groups excluding carboxylic acids is 1. The minimum Gasteiger partial charge on any atom is -0.477 e. The molecular formula is C26H32N2O3. The number of rotatable bonds is 5. The monoisotopic (exact) mass is 420 g/mol. The zero-order chi connectivity index (χ0) is 21.8. The van der Waals surface area contributed by atoms with E-state index in [-0.39, 0.29) is 11.8 Å². The van der Waals surface area contributed by atoms with Gasteiger partial charge in [0.25, 0.3) is 0 Å². The molecule has 0 aliphatic carbocycles. The molecule has 0 amide bonds. The van der Waals surface area contributed by atoms with Gasteiger partial charge in [0.1, 0.15) is 12.5 Å². The Labute approximate surface area is 185 Å². The van der Waals surface area contributed by atoms with Crippen molar-refractivity contribution in [1.82, 2.24) is 4.90 Å². The van der Waals surface area contributed by atoms with Gasteiger partial charge in [0, 0.05) is 18.3 Å². The molecule has 0 saturated carbocycles. The van der Waals surface area contributed by atoms with Gasteiger partial charge in [0.2, 0.25) is 0 Å². The maximum Gasteiger partial charge on any atom is 0.180 e. The second-order valence-electron chi connectivity index (χ2n) is 8.49. The molecule has 5 heteroatoms. The number of ether oxygens (including phenoxy) is 2. The summed E-state index contributed by atoms with van der Waals surface area (Å²) in [5.74, 6) is 0.879. The lowest BCUT2D eigenvalue weighted by Crippen LogP contribution is -2.44. The summed E-state index contributed by atoms with van der Waals surface area (Å²) in [6.45, 7) is 8.48. The minimum atomic E-state index is 0.133. The molecule has 1 atom stereocenters. The highest BCUT2D eigenvalue weighted by atomic mass is 16.5. The molecule has 2 heterocycles. The predicted molar refractivity (Wildman–Crippen MR) is 124 cm³/mol. The molecule has 164 valence electrons. The molecule has 0 radical (unpaired) electrons. The van der Waals surface area contributed by atoms with Crippen LogP contribution in [0.4, 0.5) is 5.69 Å². The zero-order valence-electron chi connectivity index (χ0n) is 18.7. The molecule has 1 unspecified atom stereocenters. The van der Waals surface area contributed by atoms with E-state index in [9.17, 15) is 4.79 Å². The average molecular weight is 421 g/mol. The fraction of sp³-hybridized carbons (Fsp3) is 0.423. The lowest BCUT2D eigenvalue weighted by Gasteiger charge is -2.32. The Hall–Kier alpha value is -2.63. The first-order valence-corrected chi connectivity index (χ1v) is 11.1. The Balaban J connectivity index is 1.56. The molecule has 2 aliphatic rings. The quantitative estimate of drug-likeness (QED) is 0.749. The number of anilines is 1. The molecule has 0 bridgehead atoms. The first-order chi connectivity index (χ1) is 15.1. The number of benzene rings is 2. The molecule has 2 aromatic rings. The van der Waals surface area contributed by atoms with Crippen LogP contribution < -0.4 is 10.1 Å². The normalized spacial score (nSPS) is 19.7. The fourth-order valence-electron chi connectivity index (χ4n) is 4.37. The number of nitrogens with zero attached hydrogens (tertiary/aromatic N) is 1. The van der Waals surface area contributed by atoms with Gasteiger partial charge in [-0.3, -0.25) is 9.69 Å². The Morgan fingerprint density at radius 3 is 2.71 bits per heavy atom. The van der Waals surface area contributed by atoms with Crippen molar-refractivity contribution >= 4 is 11.5 Å². The van der Waals surface area contributed by atoms with Gasteiger partial charge < -0.3 is 14.8 Å². The van der Waals surface area contributed by atoms with E-state index >= 15 is 0 Å². The van der Waals surface area contributed by atoms with Crippen LogP contribution in [0.2, 0.25) is 0 Å². The van der Waals surface area contributed by atoms with Gasteiger partial charge in [-0.1, -0.05) is 18.2 Å². The van der Waals surface area contributed by atoms with E-state index in [0.717, 1.165) is 42.9 Å². The summed E-state index contributed by atoms with van der Waals surface area (Å²) in [7, 11) is 0. The summed E-state index contributed by atoms with van der Waals surface area (Å²) in [5, 5.41) is 3.24. The molecule has 2 aliphatic heterocycles. The van der Waals surface area contributed by atoms with Crippen LogP contribution in [0.25, 0.3) is 0 Å². The number of nitrogens with one attached hydrogen (secondary N) is 1. The highest BCUT2D eigenvalue weighted by Crippen LogP contribution is 2.33. The second kappa shape index (κ2) is 9.67. The standard InChI is InChI=1S/C26H32N2O3/c1-4-11-27-22-9-7-20(8-10-22)13-21-14-24-25(29)15-28(23-6-5-12-30-16-23)17-31-26(24)19(3)18(21)2/h4,7-11,14,23,27H,5-6,12-13,15-17H2,1-3H3/b11-4-. The Kier molecular flexibility index (Phi) is 6.73. The highest BCUT2D eigenvalue weighted by Gasteiger charge is 2.30. The van der Waals surface area contributed by atoms with Crippen LogP contribution in [0.3, 0.4) is 0 Å². The molecule has 1 N–H and O–H groups in total. The van der Waals surface area contributed by atoms with Crippen molar-refractivity contribution in [3.63, 3.8) is 0 Å². The number of allylic oxidation sites excluding steroid dienone is 1. The molecule has 4 rings (SSSR count). The van der Waals surface area contributed by atoms with Crippen molar-refractivity contribution in [2.45, 2.75) is 46.1 Å². The summed E-state index contributed by atoms with van der Waals surface area (Å²) in [6.07, 6.45) is 6.76. The third kappa shape index (κ3) is 4.83. The molecule has 1 fully saturated rings. The Morgan fingerprint density at radius 1 is 1.19 bits per heavy atom. The van der Waals surface area contributed by atoms with Crippen molar-refractivity contribution in [3.05, 3.63) is 70.4 Å². The molecule has 1 saturated heterocycles. The molecule has 0 spiro atoms. The molecule has 31 heavy (non-hydrogen) atoms. The SMILES string of the molecule is C/C=C\Nc1ccc(Cc2cc3c(c(C)c2C)OCN(C2CCCOC2)CC3=O)cc1. The van der Waals surface area contributed by atoms with E-state index in [0.29, 0.717) is 25.4 Å². The lowest BCUT2D eigenvalue weighted by molar-refractivity contribution is -0.00548. The molecule has 0 aromatic heterocycles. The third-order valence-electron chi connectivity index (χ3n) is 6.39. The van der Waals surface area contributed by atoms with Crippen LogP contribution in [0.5, 0.6) is 5.75 Å². The fourth-order valence-corrected chi connectivity index (χ4v) is 4.37. The number of ketones is 1. The Bertz CT molecular complexity index is 960. The van der Waals surface area contributed by atoms with Crippen molar-refractivity contribution in [2.75, 3.05) is 31.8 Å². The summed E-state index contributed by atoms with van der Waals surface area (Å²) in [4.78, 5) is 15.3. The maximum absolute atomic E-state index is 13.2. The first kappa shape index (κ1) is 21.6. The van der Waals surface area contributed by atoms with E-state index in [4.69, 9.17) is 9.47 Å². The molecule has 2 aromatic carbocycles. The summed E-state index contributed by atoms with van der Waals surface area (Å²) in [5.41, 5.74) is 6.43. The van der Waals surface area contributed by atoms with E-state index in [2.05, 4.69) is 48.3 Å². The number of hydrogen-bond donors (Lipinski definition) is 1. The van der Waals surface area contributed by atoms with Crippen molar-refractivity contribution in [2.24, 2.45) is 0 Å². The van der Waals surface area contributed by atoms with Crippen LogP contribution in [0.15, 0.2) is 42.6 Å². The van der Waals surface area contributed by atoms with Gasteiger partial charge >= 0.3 is 0 Å². The smallest absolute Gasteiger partial charge is 0.180 e. The number of Topliss-reactive ketones (excluding diaryl/α,β-unsaturated/α-hetero) is 1. The largest absolute Gasteiger partial charge is 0.477 e. The van der Waals surface area contributed by atoms with E-state index in [1.807, 2.05) is 25.3 Å². The van der Waals surface area contributed by atoms with Gasteiger partial charge in [-0.25, -0.2) is 0 Å². The zero-order valence-corrected chi connectivity index (χ0v) is 18.7. The Morgan fingerprint density at radius 2 is 2.00 bits per heavy atom. The molecule has 5 nitrogen and oxygen atoms in total. The summed E-state index contributed by atoms with van der Waals surface area (Å²) < 4.78 is 11.8. The van der Waals surface area contributed by atoms with Crippen LogP contribution in [0, 0.1) is 13.8 Å². The van der Waals surface area contributed by atoms with Crippen LogP contribution in [-0.4, -0.2) is 43.2 Å². The van der Waals surface area contributed by atoms with Crippen molar-refractivity contribution in [1.29, 1.82) is 0 Å². The maximum atomic E-state index is 13.2. The lowest BCUT2D eigenvalue weighted by atomic mass is 9.92. The summed E-state index contributed by atoms with van der Waals surface area (Å²) in [6, 6.07) is 10.7. The topological polar surface area (TPSA) is 50.8 Å². The third-order valence-corrected chi connectivity index (χ3v) is 6.39. The number of hydrogen-bond acceptors (Lipinski definition) is 5. The van der Waals surface area contributed by atoms with Crippen LogP contribution in [-0.2, 0) is 11.2 Å². The number of carbonyl (C=O) groups is 1. The first-order valence-electron chi connectivity index (χ1n) is 11.1. The van der Waals surface area contributed by atoms with Gasteiger partial charge in [-0.2, -0.15) is 0 Å². The van der Waals surface area contributed by atoms with Crippen molar-refractivity contribution < 1.29 is 14.3 Å². The summed E-state index contributed by atoms with van der Waals surface area (Å²) >= 11 is 0. The average Bonchev–Trinajstić information content (AvgIpc) is 2.96. The van der Waals surface area contributed by atoms with E-state index < -0.39 is 0 Å². The highest BCUT2D eigenvalue weighted by molar-refractivity contribution is 6.01. The second-order valence-corrected chi connectivity index (χ2v) is 8.49. The van der Waals surface area contributed by atoms with Crippen LogP contribution in [0.1, 0.15) is 52.4 Å². The van der Waals surface area contributed by atoms with E-state index in [1.165, 1.54) is 16.7 Å². The minimum absolute atomic E-state index is 0.133.